The van der Waals surface area contributed by atoms with Crippen molar-refractivity contribution in [3.05, 3.63) is 29.7 Å². The first kappa shape index (κ1) is 10.2. The van der Waals surface area contributed by atoms with Crippen molar-refractivity contribution in [2.45, 2.75) is 32.2 Å². The summed E-state index contributed by atoms with van der Waals surface area (Å²) in [6.45, 7) is 1.02. The molecule has 3 heterocycles. The molecule has 0 atom stereocenters. The van der Waals surface area contributed by atoms with Gasteiger partial charge < -0.3 is 9.55 Å². The zero-order chi connectivity index (χ0) is 11.7. The summed E-state index contributed by atoms with van der Waals surface area (Å²) >= 11 is 0. The van der Waals surface area contributed by atoms with E-state index in [1.807, 2.05) is 18.3 Å². The standard InChI is InChI=1S/C13H14N4/c14-7-6-10-12-5-1-2-9-17(12)13(16-10)11-4-3-8-15-11/h3-4,8,15H,1-2,5-6,9H2. The molecule has 1 aliphatic heterocycles. The first-order valence-electron chi connectivity index (χ1n) is 5.99. The highest BCUT2D eigenvalue weighted by molar-refractivity contribution is 5.52. The van der Waals surface area contributed by atoms with Crippen molar-refractivity contribution in [3.8, 4) is 17.6 Å². The van der Waals surface area contributed by atoms with Gasteiger partial charge in [-0.2, -0.15) is 5.26 Å². The topological polar surface area (TPSA) is 57.4 Å². The molecule has 2 aromatic rings. The van der Waals surface area contributed by atoms with Crippen LogP contribution in [0.1, 0.15) is 24.2 Å². The van der Waals surface area contributed by atoms with Crippen molar-refractivity contribution in [1.82, 2.24) is 14.5 Å². The van der Waals surface area contributed by atoms with Gasteiger partial charge in [0.2, 0.25) is 0 Å². The molecule has 0 aromatic carbocycles. The Labute approximate surface area is 99.9 Å². The number of hydrogen-bond acceptors (Lipinski definition) is 2. The first-order valence-corrected chi connectivity index (χ1v) is 5.99. The lowest BCUT2D eigenvalue weighted by Gasteiger charge is -2.16. The van der Waals surface area contributed by atoms with E-state index < -0.39 is 0 Å². The predicted molar refractivity (Wildman–Crippen MR) is 64.3 cm³/mol. The van der Waals surface area contributed by atoms with E-state index in [-0.39, 0.29) is 0 Å². The molecule has 2 aromatic heterocycles. The van der Waals surface area contributed by atoms with Gasteiger partial charge in [-0.05, 0) is 31.4 Å². The highest BCUT2D eigenvalue weighted by Gasteiger charge is 2.20. The van der Waals surface area contributed by atoms with Crippen LogP contribution in [0.3, 0.4) is 0 Å². The lowest BCUT2D eigenvalue weighted by Crippen LogP contribution is -2.12. The van der Waals surface area contributed by atoms with Crippen LogP contribution in [-0.2, 0) is 19.4 Å². The number of nitrogens with zero attached hydrogens (tertiary/aromatic N) is 3. The largest absolute Gasteiger partial charge is 0.359 e. The second-order valence-electron chi connectivity index (χ2n) is 4.36. The fraction of sp³-hybridized carbons (Fsp3) is 0.385. The monoisotopic (exact) mass is 226 g/mol. The maximum Gasteiger partial charge on any atom is 0.156 e. The lowest BCUT2D eigenvalue weighted by atomic mass is 10.1. The molecule has 0 unspecified atom stereocenters. The Balaban J connectivity index is 2.13. The minimum Gasteiger partial charge on any atom is -0.359 e. The van der Waals surface area contributed by atoms with E-state index in [0.717, 1.165) is 30.2 Å². The summed E-state index contributed by atoms with van der Waals surface area (Å²) in [7, 11) is 0. The minimum atomic E-state index is 0.413. The number of fused-ring (bicyclic) bond motifs is 1. The Morgan fingerprint density at radius 1 is 1.47 bits per heavy atom. The Morgan fingerprint density at radius 3 is 3.18 bits per heavy atom. The van der Waals surface area contributed by atoms with Crippen LogP contribution in [0.2, 0.25) is 0 Å². The Morgan fingerprint density at radius 2 is 2.41 bits per heavy atom. The second kappa shape index (κ2) is 4.10. The normalized spacial score (nSPS) is 14.3. The summed E-state index contributed by atoms with van der Waals surface area (Å²) in [5.41, 5.74) is 3.25. The zero-order valence-electron chi connectivity index (χ0n) is 9.61. The average Bonchev–Trinajstić information content (AvgIpc) is 2.97. The number of nitrogens with one attached hydrogen (secondary N) is 1. The van der Waals surface area contributed by atoms with Gasteiger partial charge in [0, 0.05) is 18.4 Å². The smallest absolute Gasteiger partial charge is 0.156 e. The molecule has 4 heteroatoms. The number of aromatic amines is 1. The highest BCUT2D eigenvalue weighted by Crippen LogP contribution is 2.26. The fourth-order valence-corrected chi connectivity index (χ4v) is 2.51. The summed E-state index contributed by atoms with van der Waals surface area (Å²) in [6.07, 6.45) is 5.77. The van der Waals surface area contributed by atoms with Gasteiger partial charge in [-0.1, -0.05) is 0 Å². The maximum absolute atomic E-state index is 8.85. The minimum absolute atomic E-state index is 0.413. The summed E-state index contributed by atoms with van der Waals surface area (Å²) < 4.78 is 2.27. The third-order valence-electron chi connectivity index (χ3n) is 3.29. The van der Waals surface area contributed by atoms with Crippen molar-refractivity contribution in [2.24, 2.45) is 0 Å². The molecule has 0 aliphatic carbocycles. The summed E-state index contributed by atoms with van der Waals surface area (Å²) in [4.78, 5) is 7.83. The molecule has 0 fully saturated rings. The van der Waals surface area contributed by atoms with E-state index in [2.05, 4.69) is 20.6 Å². The molecule has 0 radical (unpaired) electrons. The van der Waals surface area contributed by atoms with Crippen LogP contribution < -0.4 is 0 Å². The number of rotatable bonds is 2. The quantitative estimate of drug-likeness (QED) is 0.854. The van der Waals surface area contributed by atoms with Gasteiger partial charge in [0.05, 0.1) is 23.9 Å². The van der Waals surface area contributed by atoms with Crippen LogP contribution in [0, 0.1) is 11.3 Å². The molecule has 0 amide bonds. The van der Waals surface area contributed by atoms with Gasteiger partial charge in [0.25, 0.3) is 0 Å². The van der Waals surface area contributed by atoms with Gasteiger partial charge in [-0.15, -0.1) is 0 Å². The third-order valence-corrected chi connectivity index (χ3v) is 3.29. The summed E-state index contributed by atoms with van der Waals surface area (Å²) in [5, 5.41) is 8.85. The van der Waals surface area contributed by atoms with E-state index in [9.17, 15) is 0 Å². The van der Waals surface area contributed by atoms with E-state index in [0.29, 0.717) is 6.42 Å². The number of imidazole rings is 1. The van der Waals surface area contributed by atoms with Crippen LogP contribution in [0.4, 0.5) is 0 Å². The number of hydrogen-bond donors (Lipinski definition) is 1. The molecule has 3 rings (SSSR count). The van der Waals surface area contributed by atoms with Gasteiger partial charge in [0.1, 0.15) is 0 Å². The molecule has 1 N–H and O–H groups in total. The molecular formula is C13H14N4. The fourth-order valence-electron chi connectivity index (χ4n) is 2.51. The third kappa shape index (κ3) is 1.64. The second-order valence-corrected chi connectivity index (χ2v) is 4.36. The number of aromatic nitrogens is 3. The van der Waals surface area contributed by atoms with Crippen LogP contribution >= 0.6 is 0 Å². The van der Waals surface area contributed by atoms with Crippen molar-refractivity contribution in [3.63, 3.8) is 0 Å². The van der Waals surface area contributed by atoms with Crippen LogP contribution in [0.25, 0.3) is 11.5 Å². The molecule has 0 saturated carbocycles. The van der Waals surface area contributed by atoms with Crippen molar-refractivity contribution >= 4 is 0 Å². The molecule has 4 nitrogen and oxygen atoms in total. The molecule has 86 valence electrons. The van der Waals surface area contributed by atoms with Crippen molar-refractivity contribution < 1.29 is 0 Å². The lowest BCUT2D eigenvalue weighted by molar-refractivity contribution is 0.533. The molecule has 17 heavy (non-hydrogen) atoms. The zero-order valence-corrected chi connectivity index (χ0v) is 9.61. The maximum atomic E-state index is 8.85. The van der Waals surface area contributed by atoms with Gasteiger partial charge in [-0.3, -0.25) is 0 Å². The summed E-state index contributed by atoms with van der Waals surface area (Å²) in [5.74, 6) is 0.981. The SMILES string of the molecule is N#CCc1nc(-c2ccc[nH]2)n2c1CCCC2. The highest BCUT2D eigenvalue weighted by atomic mass is 15.1. The van der Waals surface area contributed by atoms with Gasteiger partial charge in [-0.25, -0.2) is 4.98 Å². The number of nitriles is 1. The van der Waals surface area contributed by atoms with E-state index in [1.165, 1.54) is 18.5 Å². The Bertz CT molecular complexity index is 557. The van der Waals surface area contributed by atoms with Crippen LogP contribution in [0.5, 0.6) is 0 Å². The van der Waals surface area contributed by atoms with Gasteiger partial charge in [0.15, 0.2) is 5.82 Å². The van der Waals surface area contributed by atoms with E-state index in [1.54, 1.807) is 0 Å². The molecule has 0 bridgehead atoms. The molecule has 0 saturated heterocycles. The van der Waals surface area contributed by atoms with Crippen molar-refractivity contribution in [1.29, 1.82) is 5.26 Å². The van der Waals surface area contributed by atoms with E-state index in [4.69, 9.17) is 5.26 Å². The summed E-state index contributed by atoms with van der Waals surface area (Å²) in [6, 6.07) is 6.21. The Kier molecular flexibility index (Phi) is 2.45. The average molecular weight is 226 g/mol. The predicted octanol–water partition coefficient (Wildman–Crippen LogP) is 2.28. The molecular weight excluding hydrogens is 212 g/mol. The number of H-pyrrole nitrogens is 1. The molecule has 0 spiro atoms. The molecule has 1 aliphatic rings. The van der Waals surface area contributed by atoms with Crippen LogP contribution in [-0.4, -0.2) is 14.5 Å². The van der Waals surface area contributed by atoms with E-state index >= 15 is 0 Å². The first-order chi connectivity index (χ1) is 8.40. The van der Waals surface area contributed by atoms with Crippen molar-refractivity contribution in [2.75, 3.05) is 0 Å². The Hall–Kier alpha value is -2.02. The van der Waals surface area contributed by atoms with Gasteiger partial charge >= 0.3 is 0 Å². The van der Waals surface area contributed by atoms with Crippen LogP contribution in [0.15, 0.2) is 18.3 Å².